The molecule has 1 saturated carbocycles. The molecule has 4 aromatic heterocycles. The largest absolute Gasteiger partial charge is 0.474 e. The van der Waals surface area contributed by atoms with Gasteiger partial charge in [-0.05, 0) is 50.3 Å². The second-order valence-electron chi connectivity index (χ2n) is 11.8. The maximum absolute atomic E-state index is 13.5. The number of hydrogen-bond acceptors (Lipinski definition) is 9. The predicted molar refractivity (Wildman–Crippen MR) is 154 cm³/mol. The Hall–Kier alpha value is -4.06. The van der Waals surface area contributed by atoms with E-state index in [1.165, 1.54) is 12.4 Å². The number of rotatable bonds is 10. The summed E-state index contributed by atoms with van der Waals surface area (Å²) in [5, 5.41) is 27.4. The minimum atomic E-state index is -4.60. The number of nitrogens with zero attached hydrogens (tertiary/aromatic N) is 7. The van der Waals surface area contributed by atoms with Gasteiger partial charge in [-0.25, -0.2) is 15.0 Å². The molecular weight excluding hydrogens is 575 g/mol. The first kappa shape index (κ1) is 30.0. The highest BCUT2D eigenvalue weighted by Crippen LogP contribution is 2.45. The molecular formula is C30H34F3N9O2. The van der Waals surface area contributed by atoms with Crippen molar-refractivity contribution < 1.29 is 23.0 Å². The summed E-state index contributed by atoms with van der Waals surface area (Å²) in [6.07, 6.45) is 5.41. The molecule has 0 amide bonds. The maximum atomic E-state index is 13.5. The fourth-order valence-electron chi connectivity index (χ4n) is 6.20. The Bertz CT molecular complexity index is 1630. The first-order valence-electron chi connectivity index (χ1n) is 14.7. The molecule has 1 saturated heterocycles. The van der Waals surface area contributed by atoms with Crippen molar-refractivity contribution in [3.63, 3.8) is 0 Å². The van der Waals surface area contributed by atoms with Crippen LogP contribution in [0.2, 0.25) is 0 Å². The molecule has 14 heteroatoms. The number of H-pyrrole nitrogens is 1. The standard InChI is InChI=1S/C30H34F3N9O2/c1-19(17-43)36-14-20-10-25(30(31,32)33)40-26(11-20)44-23-3-8-41(9-4-23)22-12-29(13-22,5-6-34)42-16-21(15-39-42)27-24-2-7-35-28(24)38-18-37-27/h2,7,10-11,15-16,18-19,22-23,36,43H,3-5,8-9,12-14,17H2,1H3,(H,35,37,38)/t19-,22?,29?/m1/s1. The molecule has 11 nitrogen and oxygen atoms in total. The van der Waals surface area contributed by atoms with Crippen LogP contribution < -0.4 is 10.1 Å². The monoisotopic (exact) mass is 609 g/mol. The van der Waals surface area contributed by atoms with Crippen LogP contribution in [0, 0.1) is 11.3 Å². The molecule has 1 aliphatic carbocycles. The summed E-state index contributed by atoms with van der Waals surface area (Å²) in [7, 11) is 0. The van der Waals surface area contributed by atoms with Gasteiger partial charge in [-0.15, -0.1) is 0 Å². The number of alkyl halides is 3. The number of aliphatic hydroxyl groups is 1. The van der Waals surface area contributed by atoms with E-state index < -0.39 is 17.4 Å². The molecule has 0 spiro atoms. The first-order chi connectivity index (χ1) is 21.2. The second-order valence-corrected chi connectivity index (χ2v) is 11.8. The summed E-state index contributed by atoms with van der Waals surface area (Å²) in [5.41, 5.74) is 1.38. The molecule has 232 valence electrons. The average molecular weight is 610 g/mol. The zero-order chi connectivity index (χ0) is 30.9. The Morgan fingerprint density at radius 2 is 2.05 bits per heavy atom. The van der Waals surface area contributed by atoms with Crippen molar-refractivity contribution >= 4 is 11.0 Å². The van der Waals surface area contributed by atoms with Crippen LogP contribution in [-0.4, -0.2) is 77.6 Å². The van der Waals surface area contributed by atoms with Crippen LogP contribution in [0.25, 0.3) is 22.3 Å². The van der Waals surface area contributed by atoms with Crippen molar-refractivity contribution in [1.82, 2.24) is 39.9 Å². The van der Waals surface area contributed by atoms with Crippen LogP contribution >= 0.6 is 0 Å². The van der Waals surface area contributed by atoms with Gasteiger partial charge in [-0.3, -0.25) is 9.58 Å². The van der Waals surface area contributed by atoms with E-state index in [1.807, 2.05) is 23.1 Å². The van der Waals surface area contributed by atoms with Crippen molar-refractivity contribution in [3.8, 4) is 23.2 Å². The predicted octanol–water partition coefficient (Wildman–Crippen LogP) is 4.02. The molecule has 5 heterocycles. The molecule has 0 aromatic carbocycles. The topological polar surface area (TPSA) is 141 Å². The van der Waals surface area contributed by atoms with Crippen LogP contribution in [0.4, 0.5) is 13.2 Å². The lowest BCUT2D eigenvalue weighted by Crippen LogP contribution is -2.58. The van der Waals surface area contributed by atoms with E-state index in [2.05, 4.69) is 41.3 Å². The summed E-state index contributed by atoms with van der Waals surface area (Å²) in [5.74, 6) is -0.0431. The quantitative estimate of drug-likeness (QED) is 0.243. The number of fused-ring (bicyclic) bond motifs is 1. The first-order valence-corrected chi connectivity index (χ1v) is 14.7. The van der Waals surface area contributed by atoms with Crippen LogP contribution in [0.15, 0.2) is 43.1 Å². The normalized spacial score (nSPS) is 22.0. The van der Waals surface area contributed by atoms with E-state index in [4.69, 9.17) is 4.74 Å². The van der Waals surface area contributed by atoms with E-state index in [9.17, 15) is 23.5 Å². The Kier molecular flexibility index (Phi) is 8.28. The van der Waals surface area contributed by atoms with Crippen molar-refractivity contribution in [2.24, 2.45) is 0 Å². The Balaban J connectivity index is 1.08. The number of piperidine rings is 1. The van der Waals surface area contributed by atoms with E-state index in [0.29, 0.717) is 24.8 Å². The lowest BCUT2D eigenvalue weighted by Gasteiger charge is -2.52. The van der Waals surface area contributed by atoms with E-state index in [0.717, 1.165) is 54.3 Å². The van der Waals surface area contributed by atoms with Gasteiger partial charge in [0, 0.05) is 61.1 Å². The smallest absolute Gasteiger partial charge is 0.433 e. The summed E-state index contributed by atoms with van der Waals surface area (Å²) in [4.78, 5) is 17.9. The molecule has 1 atom stereocenters. The summed E-state index contributed by atoms with van der Waals surface area (Å²) >= 11 is 0. The molecule has 44 heavy (non-hydrogen) atoms. The zero-order valence-corrected chi connectivity index (χ0v) is 24.3. The van der Waals surface area contributed by atoms with E-state index in [1.54, 1.807) is 13.1 Å². The Labute approximate surface area is 252 Å². The third-order valence-electron chi connectivity index (χ3n) is 8.70. The summed E-state index contributed by atoms with van der Waals surface area (Å²) in [6.45, 7) is 3.24. The highest BCUT2D eigenvalue weighted by atomic mass is 19.4. The van der Waals surface area contributed by atoms with Gasteiger partial charge in [0.15, 0.2) is 0 Å². The number of aromatic amines is 1. The molecule has 3 N–H and O–H groups in total. The molecule has 2 fully saturated rings. The minimum absolute atomic E-state index is 0.0431. The number of halogens is 3. The molecule has 0 bridgehead atoms. The number of likely N-dealkylation sites (tertiary alicyclic amines) is 1. The summed E-state index contributed by atoms with van der Waals surface area (Å²) in [6, 6.07) is 6.82. The number of ether oxygens (including phenoxy) is 1. The second kappa shape index (κ2) is 12.1. The van der Waals surface area contributed by atoms with Gasteiger partial charge in [-0.1, -0.05) is 0 Å². The highest BCUT2D eigenvalue weighted by Gasteiger charge is 2.49. The number of pyridine rings is 1. The van der Waals surface area contributed by atoms with Crippen LogP contribution in [0.1, 0.15) is 50.3 Å². The number of aliphatic hydroxyl groups excluding tert-OH is 1. The molecule has 0 unspecified atom stereocenters. The lowest BCUT2D eigenvalue weighted by atomic mass is 9.69. The number of nitriles is 1. The lowest BCUT2D eigenvalue weighted by molar-refractivity contribution is -0.141. The van der Waals surface area contributed by atoms with Gasteiger partial charge in [0.05, 0.1) is 36.5 Å². The van der Waals surface area contributed by atoms with E-state index >= 15 is 0 Å². The van der Waals surface area contributed by atoms with Crippen LogP contribution in [-0.2, 0) is 18.3 Å². The van der Waals surface area contributed by atoms with Crippen molar-refractivity contribution in [3.05, 3.63) is 54.4 Å². The van der Waals surface area contributed by atoms with E-state index in [-0.39, 0.29) is 37.2 Å². The highest BCUT2D eigenvalue weighted by molar-refractivity contribution is 5.90. The van der Waals surface area contributed by atoms with Gasteiger partial charge < -0.3 is 20.1 Å². The van der Waals surface area contributed by atoms with Crippen LogP contribution in [0.3, 0.4) is 0 Å². The fourth-order valence-corrected chi connectivity index (χ4v) is 6.20. The van der Waals surface area contributed by atoms with Gasteiger partial charge >= 0.3 is 6.18 Å². The average Bonchev–Trinajstić information content (AvgIpc) is 3.68. The number of nitrogens with one attached hydrogen (secondary N) is 2. The summed E-state index contributed by atoms with van der Waals surface area (Å²) < 4.78 is 48.5. The van der Waals surface area contributed by atoms with Crippen molar-refractivity contribution in [2.45, 2.75) is 75.5 Å². The third kappa shape index (κ3) is 6.12. The maximum Gasteiger partial charge on any atom is 0.433 e. The van der Waals surface area contributed by atoms with Crippen LogP contribution in [0.5, 0.6) is 5.88 Å². The van der Waals surface area contributed by atoms with Crippen molar-refractivity contribution in [2.75, 3.05) is 19.7 Å². The van der Waals surface area contributed by atoms with Gasteiger partial charge in [-0.2, -0.15) is 23.5 Å². The third-order valence-corrected chi connectivity index (χ3v) is 8.70. The number of hydrogen-bond donors (Lipinski definition) is 3. The minimum Gasteiger partial charge on any atom is -0.474 e. The Morgan fingerprint density at radius 3 is 2.77 bits per heavy atom. The molecule has 0 radical (unpaired) electrons. The van der Waals surface area contributed by atoms with Gasteiger partial charge in [0.2, 0.25) is 5.88 Å². The fraction of sp³-hybridized carbons (Fsp3) is 0.500. The molecule has 1 aliphatic heterocycles. The number of aromatic nitrogens is 6. The zero-order valence-electron chi connectivity index (χ0n) is 24.3. The molecule has 4 aromatic rings. The molecule has 6 rings (SSSR count). The SMILES string of the molecule is C[C@H](CO)NCc1cc(OC2CCN(C3CC(CC#N)(n4cc(-c5ncnc6[nH]ccc56)cn4)C3)CC2)nc(C(F)(F)F)c1. The molecule has 2 aliphatic rings. The van der Waals surface area contributed by atoms with Crippen molar-refractivity contribution in [1.29, 1.82) is 5.26 Å². The Morgan fingerprint density at radius 1 is 1.25 bits per heavy atom. The van der Waals surface area contributed by atoms with Gasteiger partial charge in [0.25, 0.3) is 0 Å². The van der Waals surface area contributed by atoms with Gasteiger partial charge in [0.1, 0.15) is 23.8 Å².